The van der Waals surface area contributed by atoms with Gasteiger partial charge in [0.15, 0.2) is 0 Å². The molecule has 1 radical (unpaired) electrons. The standard InChI is InChI=1S/C6H12INS2.K.V/c8-4-6-7-2-1-3-9-5-10-6;;/h3,6H,1-2,4-5,8H2;;/q-2;+1;. The fraction of sp³-hybridized carbons (Fsp3) is 0.833. The van der Waals surface area contributed by atoms with Crippen molar-refractivity contribution in [2.75, 3.05) is 16.1 Å². The number of alkyl halides is 2. The van der Waals surface area contributed by atoms with E-state index in [-0.39, 0.29) is 69.9 Å². The molecule has 0 aliphatic carbocycles. The van der Waals surface area contributed by atoms with Crippen LogP contribution < -0.4 is 78.3 Å². The Kier molecular flexibility index (Phi) is 19.0. The molecule has 1 heterocycles. The van der Waals surface area contributed by atoms with Crippen molar-refractivity contribution in [1.29, 1.82) is 0 Å². The smallest absolute Gasteiger partial charge is 0 e. The van der Waals surface area contributed by atoms with Crippen molar-refractivity contribution in [3.8, 4) is 0 Å². The Hall–Kier alpha value is 3.61. The van der Waals surface area contributed by atoms with Crippen LogP contribution in [0.25, 0.3) is 0 Å². The molecule has 0 spiro atoms. The minimum atomic E-state index is 0. The van der Waals surface area contributed by atoms with Gasteiger partial charge in [-0.05, 0) is 0 Å². The zero-order chi connectivity index (χ0) is 7.23. The van der Waals surface area contributed by atoms with Gasteiger partial charge in [-0.2, -0.15) is 0 Å². The molecule has 1 saturated heterocycles. The zero-order valence-corrected chi connectivity index (χ0v) is 15.5. The fourth-order valence-electron chi connectivity index (χ4n) is 0.649. The number of thioether (sulfide) groups is 2. The molecule has 67 valence electrons. The largest absolute Gasteiger partial charge is 1.00 e. The molecule has 12 heavy (non-hydrogen) atoms. The first-order valence-corrected chi connectivity index (χ1v) is 8.13. The summed E-state index contributed by atoms with van der Waals surface area (Å²) in [4.78, 5) is 0. The molecule has 1 nitrogen and oxygen atoms in total. The second-order valence-electron chi connectivity index (χ2n) is 1.90. The van der Waals surface area contributed by atoms with Crippen LogP contribution in [0.4, 0.5) is 0 Å². The normalized spacial score (nSPS) is 24.9. The molecule has 1 rings (SSSR count). The van der Waals surface area contributed by atoms with Crippen molar-refractivity contribution in [3.05, 3.63) is 5.75 Å². The third kappa shape index (κ3) is 8.88. The molecule has 0 amide bonds. The van der Waals surface area contributed by atoms with Crippen LogP contribution in [0.15, 0.2) is 0 Å². The Labute approximate surface area is 148 Å². The second-order valence-corrected chi connectivity index (χ2v) is 8.72. The monoisotopic (exact) mass is 379 g/mol. The number of nitrogens with two attached hydrogens (primary N) is 1. The summed E-state index contributed by atoms with van der Waals surface area (Å²) in [6, 6.07) is 0. The minimum absolute atomic E-state index is 0. The quantitative estimate of drug-likeness (QED) is 0.215. The number of hydrogen-bond donors (Lipinski definition) is 1. The molecule has 2 N–H and O–H groups in total. The van der Waals surface area contributed by atoms with Gasteiger partial charge in [-0.1, -0.05) is 0 Å². The summed E-state index contributed by atoms with van der Waals surface area (Å²) >= 11 is 4.40. The topological polar surface area (TPSA) is 26.0 Å². The van der Waals surface area contributed by atoms with E-state index in [4.69, 9.17) is 5.73 Å². The van der Waals surface area contributed by atoms with Crippen LogP contribution in [0.3, 0.4) is 0 Å². The van der Waals surface area contributed by atoms with Crippen molar-refractivity contribution in [2.24, 2.45) is 5.73 Å². The van der Waals surface area contributed by atoms with E-state index in [1.807, 2.05) is 11.8 Å². The molecule has 1 fully saturated rings. The van der Waals surface area contributed by atoms with Crippen LogP contribution in [0.5, 0.6) is 0 Å². The summed E-state index contributed by atoms with van der Waals surface area (Å²) in [5, 5.41) is 1.22. The number of rotatable bonds is 1. The third-order valence-corrected chi connectivity index (χ3v) is 7.90. The number of halogens is 1. The van der Waals surface area contributed by atoms with Gasteiger partial charge in [-0.3, -0.25) is 0 Å². The van der Waals surface area contributed by atoms with Crippen LogP contribution in [-0.2, 0) is 18.6 Å². The maximum absolute atomic E-state index is 5.61. The first kappa shape index (κ1) is 18.0. The van der Waals surface area contributed by atoms with E-state index in [1.165, 1.54) is 15.9 Å². The Morgan fingerprint density at radius 2 is 2.33 bits per heavy atom. The summed E-state index contributed by atoms with van der Waals surface area (Å²) < 4.78 is 2.26. The van der Waals surface area contributed by atoms with Crippen LogP contribution >= 0.6 is 23.5 Å². The van der Waals surface area contributed by atoms with Crippen LogP contribution in [-0.4, -0.2) is 19.3 Å². The molecule has 0 aromatic heterocycles. The van der Waals surface area contributed by atoms with Gasteiger partial charge < -0.3 is 0 Å². The maximum atomic E-state index is 5.61. The Bertz CT molecular complexity index is 93.6. The summed E-state index contributed by atoms with van der Waals surface area (Å²) in [6.45, 7) is 0.901. The van der Waals surface area contributed by atoms with Gasteiger partial charge in [-0.15, -0.1) is 0 Å². The van der Waals surface area contributed by atoms with E-state index in [0.717, 1.165) is 9.80 Å². The molecule has 6 heteroatoms. The van der Waals surface area contributed by atoms with E-state index in [9.17, 15) is 0 Å². The summed E-state index contributed by atoms with van der Waals surface area (Å²) in [5.41, 5.74) is 5.61. The van der Waals surface area contributed by atoms with E-state index in [2.05, 4.69) is 17.5 Å². The second kappa shape index (κ2) is 12.7. The average Bonchev–Trinajstić information content (AvgIpc) is 1.87. The molecule has 0 aromatic rings. The van der Waals surface area contributed by atoms with Gasteiger partial charge >= 0.3 is 133 Å². The van der Waals surface area contributed by atoms with Crippen molar-refractivity contribution in [2.45, 2.75) is 9.68 Å². The molecule has 1 aliphatic heterocycles. The molecule has 1 aliphatic rings. The van der Waals surface area contributed by atoms with Crippen LogP contribution in [0.2, 0.25) is 0 Å². The van der Waals surface area contributed by atoms with Crippen LogP contribution in [0.1, 0.15) is 6.42 Å². The molecule has 0 aromatic carbocycles. The Balaban J connectivity index is 0. The molecule has 0 bridgehead atoms. The maximum Gasteiger partial charge on any atom is 1.00 e. The predicted octanol–water partition coefficient (Wildman–Crippen LogP) is -4.65. The van der Waals surface area contributed by atoms with Crippen molar-refractivity contribution < 1.29 is 91.1 Å². The van der Waals surface area contributed by atoms with Gasteiger partial charge in [-0.25, -0.2) is 0 Å². The third-order valence-electron chi connectivity index (χ3n) is 1.13. The molecule has 1 atom stereocenters. The Morgan fingerprint density at radius 3 is 3.00 bits per heavy atom. The number of hydrogen-bond acceptors (Lipinski definition) is 3. The van der Waals surface area contributed by atoms with Gasteiger partial charge in [0, 0.05) is 18.6 Å². The molecular weight excluding hydrogens is 367 g/mol. The summed E-state index contributed by atoms with van der Waals surface area (Å²) in [5.74, 6) is 2.35. The van der Waals surface area contributed by atoms with E-state index >= 15 is 0 Å². The van der Waals surface area contributed by atoms with E-state index in [1.54, 1.807) is 0 Å². The van der Waals surface area contributed by atoms with Crippen molar-refractivity contribution in [1.82, 2.24) is 0 Å². The minimum Gasteiger partial charge on any atom is 0 e. The molecule has 1 unspecified atom stereocenters. The summed E-state index contributed by atoms with van der Waals surface area (Å²) in [6.07, 6.45) is 1.31. The predicted molar refractivity (Wildman–Crippen MR) is 46.7 cm³/mol. The van der Waals surface area contributed by atoms with Crippen molar-refractivity contribution >= 4 is 23.5 Å². The summed E-state index contributed by atoms with van der Waals surface area (Å²) in [7, 11) is 0. The van der Waals surface area contributed by atoms with Gasteiger partial charge in [0.25, 0.3) is 0 Å². The van der Waals surface area contributed by atoms with Gasteiger partial charge in [0.05, 0.1) is 0 Å². The first-order valence-electron chi connectivity index (χ1n) is 3.26. The van der Waals surface area contributed by atoms with Crippen LogP contribution in [0, 0.1) is 5.75 Å². The SMILES string of the molecule is NCC1SCS[CH-]CC[I-]1.[K+].[V]. The first-order chi connectivity index (χ1) is 4.93. The zero-order valence-electron chi connectivity index (χ0n) is 7.20. The average molecular weight is 379 g/mol. The molecular formula is C6H12IKNS2V-. The van der Waals surface area contributed by atoms with Gasteiger partial charge in [0.2, 0.25) is 0 Å². The van der Waals surface area contributed by atoms with E-state index in [0.29, 0.717) is 21.2 Å². The molecule has 0 saturated carbocycles. The Morgan fingerprint density at radius 1 is 1.58 bits per heavy atom. The van der Waals surface area contributed by atoms with Gasteiger partial charge in [0.1, 0.15) is 0 Å². The van der Waals surface area contributed by atoms with E-state index < -0.39 is 0 Å². The van der Waals surface area contributed by atoms with Crippen molar-refractivity contribution in [3.63, 3.8) is 0 Å². The fourth-order valence-corrected chi connectivity index (χ4v) is 7.28.